The van der Waals surface area contributed by atoms with Crippen LogP contribution < -0.4 is 10.3 Å². The van der Waals surface area contributed by atoms with Crippen LogP contribution in [0.2, 0.25) is 0 Å². The monoisotopic (exact) mass is 419 g/mol. The van der Waals surface area contributed by atoms with Crippen molar-refractivity contribution < 1.29 is 37.4 Å². The molecule has 1 heterocycles. The molecule has 2 rings (SSSR count). The van der Waals surface area contributed by atoms with E-state index in [4.69, 9.17) is 11.2 Å². The molecule has 1 aromatic carbocycles. The van der Waals surface area contributed by atoms with Gasteiger partial charge in [-0.05, 0) is 16.6 Å². The van der Waals surface area contributed by atoms with Crippen molar-refractivity contribution in [3.05, 3.63) is 50.7 Å². The van der Waals surface area contributed by atoms with E-state index in [0.29, 0.717) is 10.2 Å². The fourth-order valence-electron chi connectivity index (χ4n) is 1.93. The Labute approximate surface area is 157 Å². The van der Waals surface area contributed by atoms with Crippen molar-refractivity contribution in [1.82, 2.24) is 4.57 Å². The number of halogens is 1. The number of benzene rings is 1. The molecule has 21 heavy (non-hydrogen) atoms. The summed E-state index contributed by atoms with van der Waals surface area (Å²) >= 11 is 3.21. The van der Waals surface area contributed by atoms with E-state index in [1.54, 1.807) is 17.7 Å². The summed E-state index contributed by atoms with van der Waals surface area (Å²) < 4.78 is 7.44. The van der Waals surface area contributed by atoms with Gasteiger partial charge in [0.05, 0.1) is 0 Å². The van der Waals surface area contributed by atoms with Crippen molar-refractivity contribution in [2.24, 2.45) is 7.05 Å². The molecule has 0 saturated heterocycles. The van der Waals surface area contributed by atoms with E-state index in [1.165, 1.54) is 0 Å². The van der Waals surface area contributed by atoms with E-state index in [2.05, 4.69) is 27.9 Å². The summed E-state index contributed by atoms with van der Waals surface area (Å²) in [6, 6.07) is 10.4. The van der Waals surface area contributed by atoms with Crippen LogP contribution in [0, 0.1) is 25.3 Å². The van der Waals surface area contributed by atoms with Gasteiger partial charge in [-0.1, -0.05) is 29.7 Å². The van der Waals surface area contributed by atoms with Crippen molar-refractivity contribution in [1.29, 1.82) is 0 Å². The summed E-state index contributed by atoms with van der Waals surface area (Å²) in [5.74, 6) is 3.14. The van der Waals surface area contributed by atoms with Crippen molar-refractivity contribution >= 4 is 15.9 Å². The fourth-order valence-corrected chi connectivity index (χ4v) is 2.31. The molecule has 0 fully saturated rings. The van der Waals surface area contributed by atoms with Crippen LogP contribution in [0.1, 0.15) is 5.56 Å². The van der Waals surface area contributed by atoms with Crippen LogP contribution in [-0.4, -0.2) is 11.2 Å². The largest absolute Gasteiger partial charge is 0.481 e. The van der Waals surface area contributed by atoms with Gasteiger partial charge in [0.1, 0.15) is 12.4 Å². The molecule has 0 amide bonds. The average molecular weight is 420 g/mol. The number of hydrogen-bond acceptors (Lipinski definition) is 2. The predicted octanol–water partition coefficient (Wildman–Crippen LogP) is 2.93. The molecule has 0 unspecified atom stereocenters. The summed E-state index contributed by atoms with van der Waals surface area (Å²) in [5.41, 5.74) is 2.57. The van der Waals surface area contributed by atoms with Gasteiger partial charge < -0.3 is 9.30 Å². The number of hydrogen-bond donors (Lipinski definition) is 0. The van der Waals surface area contributed by atoms with Crippen molar-refractivity contribution in [2.75, 3.05) is 6.61 Å². The van der Waals surface area contributed by atoms with Crippen LogP contribution in [0.25, 0.3) is 11.3 Å². The second-order valence-electron chi connectivity index (χ2n) is 4.32. The SMILES string of the molecule is C#CCOc1ccc(-c2[c-]cc(Br)c(=O)n2C)c(C)c1.[Y]. The third kappa shape index (κ3) is 4.06. The zero-order chi connectivity index (χ0) is 14.7. The first-order valence-corrected chi connectivity index (χ1v) is 6.78. The Bertz CT molecular complexity index is 747. The molecule has 105 valence electrons. The zero-order valence-electron chi connectivity index (χ0n) is 11.8. The number of ether oxygens (including phenoxy) is 1. The quantitative estimate of drug-likeness (QED) is 0.565. The number of pyridine rings is 1. The molecule has 1 radical (unpaired) electrons. The molecule has 0 N–H and O–H groups in total. The number of terminal acetylenes is 1. The second kappa shape index (κ2) is 7.93. The summed E-state index contributed by atoms with van der Waals surface area (Å²) in [7, 11) is 1.72. The molecular weight excluding hydrogens is 407 g/mol. The predicted molar refractivity (Wildman–Crippen MR) is 82.7 cm³/mol. The molecule has 2 aromatic rings. The number of rotatable bonds is 3. The van der Waals surface area contributed by atoms with E-state index >= 15 is 0 Å². The average Bonchev–Trinajstić information content (AvgIpc) is 2.44. The first-order valence-electron chi connectivity index (χ1n) is 5.99. The van der Waals surface area contributed by atoms with Gasteiger partial charge in [0, 0.05) is 39.8 Å². The van der Waals surface area contributed by atoms with Crippen LogP contribution in [0.4, 0.5) is 0 Å². The summed E-state index contributed by atoms with van der Waals surface area (Å²) in [4.78, 5) is 11.9. The van der Waals surface area contributed by atoms with Gasteiger partial charge in [0.15, 0.2) is 0 Å². The van der Waals surface area contributed by atoms with Crippen molar-refractivity contribution in [3.8, 4) is 29.4 Å². The van der Waals surface area contributed by atoms with Gasteiger partial charge in [-0.25, -0.2) is 0 Å². The molecule has 0 bridgehead atoms. The zero-order valence-corrected chi connectivity index (χ0v) is 16.2. The molecule has 0 aliphatic heterocycles. The fraction of sp³-hybridized carbons (Fsp3) is 0.188. The van der Waals surface area contributed by atoms with Crippen molar-refractivity contribution in [3.63, 3.8) is 0 Å². The van der Waals surface area contributed by atoms with Gasteiger partial charge in [0.2, 0.25) is 5.56 Å². The van der Waals surface area contributed by atoms with Gasteiger partial charge in [0.25, 0.3) is 0 Å². The van der Waals surface area contributed by atoms with Gasteiger partial charge in [-0.15, -0.1) is 28.4 Å². The maximum atomic E-state index is 11.9. The minimum atomic E-state index is -0.0918. The maximum absolute atomic E-state index is 11.9. The number of aromatic nitrogens is 1. The van der Waals surface area contributed by atoms with Crippen molar-refractivity contribution in [2.45, 2.75) is 6.92 Å². The summed E-state index contributed by atoms with van der Waals surface area (Å²) in [6.07, 6.45) is 5.16. The molecule has 5 heteroatoms. The van der Waals surface area contributed by atoms with Gasteiger partial charge in [-0.3, -0.25) is 4.79 Å². The Kier molecular flexibility index (Phi) is 6.86. The van der Waals surface area contributed by atoms with E-state index < -0.39 is 0 Å². The summed E-state index contributed by atoms with van der Waals surface area (Å²) in [6.45, 7) is 2.19. The molecule has 0 atom stereocenters. The Balaban J connectivity index is 0.00000220. The molecule has 0 spiro atoms. The Morgan fingerprint density at radius 2 is 2.19 bits per heavy atom. The minimum Gasteiger partial charge on any atom is -0.481 e. The number of nitrogens with zero attached hydrogens (tertiary/aromatic N) is 1. The topological polar surface area (TPSA) is 31.2 Å². The van der Waals surface area contributed by atoms with E-state index in [-0.39, 0.29) is 44.9 Å². The standard InChI is InChI=1S/C16H13BrNO2.Y/c1-4-9-20-12-5-6-13(11(2)10-12)15-8-7-14(17)16(19)18(15)3;/h1,5-7,10H,9H2,2-3H3;/q-1;. The normalized spacial score (nSPS) is 9.62. The van der Waals surface area contributed by atoms with Crippen LogP contribution in [0.3, 0.4) is 0 Å². The van der Waals surface area contributed by atoms with Crippen LogP contribution in [0.15, 0.2) is 33.5 Å². The van der Waals surface area contributed by atoms with Crippen LogP contribution >= 0.6 is 15.9 Å². The second-order valence-corrected chi connectivity index (χ2v) is 5.17. The van der Waals surface area contributed by atoms with E-state index in [0.717, 1.165) is 16.8 Å². The minimum absolute atomic E-state index is 0. The Morgan fingerprint density at radius 1 is 1.48 bits per heavy atom. The molecule has 0 aliphatic rings. The first kappa shape index (κ1) is 18.2. The van der Waals surface area contributed by atoms with Gasteiger partial charge in [-0.2, -0.15) is 12.1 Å². The Hall–Kier alpha value is -0.886. The summed E-state index contributed by atoms with van der Waals surface area (Å²) in [5, 5.41) is 0. The first-order chi connectivity index (χ1) is 9.54. The van der Waals surface area contributed by atoms with Gasteiger partial charge >= 0.3 is 0 Å². The maximum Gasteiger partial charge on any atom is 0.208 e. The van der Waals surface area contributed by atoms with E-state index in [9.17, 15) is 4.79 Å². The molecule has 0 saturated carbocycles. The number of aryl methyl sites for hydroxylation is 1. The molecular formula is C16H13BrNO2Y-. The Morgan fingerprint density at radius 3 is 2.81 bits per heavy atom. The van der Waals surface area contributed by atoms with E-state index in [1.807, 2.05) is 25.1 Å². The third-order valence-corrected chi connectivity index (χ3v) is 3.52. The molecule has 1 aromatic heterocycles. The smallest absolute Gasteiger partial charge is 0.208 e. The van der Waals surface area contributed by atoms with Crippen LogP contribution in [0.5, 0.6) is 5.75 Å². The third-order valence-electron chi connectivity index (χ3n) is 2.96. The molecule has 3 nitrogen and oxygen atoms in total. The molecule has 0 aliphatic carbocycles. The van der Waals surface area contributed by atoms with Crippen LogP contribution in [-0.2, 0) is 39.8 Å².